The van der Waals surface area contributed by atoms with Crippen LogP contribution in [0, 0.1) is 11.8 Å². The maximum absolute atomic E-state index is 11.7. The van der Waals surface area contributed by atoms with Gasteiger partial charge in [0.1, 0.15) is 0 Å². The summed E-state index contributed by atoms with van der Waals surface area (Å²) in [6.07, 6.45) is 3.80. The Morgan fingerprint density at radius 1 is 1.19 bits per heavy atom. The summed E-state index contributed by atoms with van der Waals surface area (Å²) in [4.78, 5) is 22.6. The van der Waals surface area contributed by atoms with Crippen molar-refractivity contribution in [3.8, 4) is 0 Å². The summed E-state index contributed by atoms with van der Waals surface area (Å²) < 4.78 is 0. The fourth-order valence-electron chi connectivity index (χ4n) is 2.06. The van der Waals surface area contributed by atoms with Crippen molar-refractivity contribution in [1.29, 1.82) is 0 Å². The minimum absolute atomic E-state index is 0.0353. The predicted octanol–water partition coefficient (Wildman–Crippen LogP) is 1.02. The number of carbonyl (C=O) groups is 2. The molecule has 0 heterocycles. The fraction of sp³-hybridized carbons (Fsp3) is 0.818. The molecule has 0 radical (unpaired) electrons. The highest BCUT2D eigenvalue weighted by atomic mass is 35.5. The summed E-state index contributed by atoms with van der Waals surface area (Å²) in [5, 5.41) is 2.86. The lowest BCUT2D eigenvalue weighted by molar-refractivity contribution is -0.129. The first-order valence-electron chi connectivity index (χ1n) is 5.78. The molecule has 3 N–H and O–H groups in total. The Hall–Kier alpha value is -0.770. The van der Waals surface area contributed by atoms with Gasteiger partial charge in [-0.2, -0.15) is 0 Å². The zero-order valence-corrected chi connectivity index (χ0v) is 10.1. The molecule has 1 fully saturated rings. The summed E-state index contributed by atoms with van der Waals surface area (Å²) in [5.74, 6) is 0.432. The van der Waals surface area contributed by atoms with Crippen LogP contribution in [0.2, 0.25) is 0 Å². The molecule has 0 aliphatic heterocycles. The van der Waals surface area contributed by atoms with Crippen LogP contribution in [0.15, 0.2) is 0 Å². The van der Waals surface area contributed by atoms with Crippen LogP contribution in [0.3, 0.4) is 0 Å². The Bertz CT molecular complexity index is 250. The highest BCUT2D eigenvalue weighted by Crippen LogP contribution is 2.28. The van der Waals surface area contributed by atoms with Gasteiger partial charge >= 0.3 is 0 Å². The van der Waals surface area contributed by atoms with E-state index in [9.17, 15) is 9.59 Å². The first-order chi connectivity index (χ1) is 7.65. The fourth-order valence-corrected chi connectivity index (χ4v) is 2.20. The lowest BCUT2D eigenvalue weighted by atomic mass is 9.81. The van der Waals surface area contributed by atoms with Gasteiger partial charge < -0.3 is 11.1 Å². The molecule has 5 heteroatoms. The van der Waals surface area contributed by atoms with Crippen molar-refractivity contribution >= 4 is 23.4 Å². The molecule has 0 aromatic carbocycles. The van der Waals surface area contributed by atoms with Gasteiger partial charge in [-0.1, -0.05) is 0 Å². The average molecular weight is 247 g/mol. The van der Waals surface area contributed by atoms with E-state index in [0.29, 0.717) is 12.4 Å². The van der Waals surface area contributed by atoms with Gasteiger partial charge in [-0.05, 0) is 32.1 Å². The molecule has 0 bridgehead atoms. The number of rotatable bonds is 5. The molecular formula is C11H19ClN2O2. The number of nitrogens with one attached hydrogen (secondary N) is 1. The summed E-state index contributed by atoms with van der Waals surface area (Å²) >= 11 is 5.52. The average Bonchev–Trinajstić information content (AvgIpc) is 2.29. The molecule has 0 saturated heterocycles. The molecule has 0 atom stereocenters. The minimum atomic E-state index is -0.235. The molecule has 0 aromatic rings. The van der Waals surface area contributed by atoms with Crippen LogP contribution < -0.4 is 11.1 Å². The van der Waals surface area contributed by atoms with Crippen LogP contribution in [0.1, 0.15) is 32.1 Å². The standard InChI is InChI=1S/C11H19ClN2O2/c12-6-1-7-14-11(16)9-4-2-8(3-5-9)10(13)15/h8-9H,1-7H2,(H2,13,15)(H,14,16). The third kappa shape index (κ3) is 4.00. The van der Waals surface area contributed by atoms with E-state index in [1.165, 1.54) is 0 Å². The quantitative estimate of drug-likeness (QED) is 0.562. The first kappa shape index (κ1) is 13.3. The van der Waals surface area contributed by atoms with E-state index < -0.39 is 0 Å². The lowest BCUT2D eigenvalue weighted by Crippen LogP contribution is -2.36. The smallest absolute Gasteiger partial charge is 0.223 e. The number of halogens is 1. The molecule has 1 saturated carbocycles. The minimum Gasteiger partial charge on any atom is -0.369 e. The largest absolute Gasteiger partial charge is 0.369 e. The highest BCUT2D eigenvalue weighted by Gasteiger charge is 2.28. The second-order valence-electron chi connectivity index (χ2n) is 4.28. The molecule has 1 aliphatic rings. The molecular weight excluding hydrogens is 228 g/mol. The molecule has 0 aromatic heterocycles. The van der Waals surface area contributed by atoms with Gasteiger partial charge in [-0.3, -0.25) is 9.59 Å². The van der Waals surface area contributed by atoms with Crippen molar-refractivity contribution in [3.05, 3.63) is 0 Å². The van der Waals surface area contributed by atoms with Gasteiger partial charge in [-0.15, -0.1) is 11.6 Å². The maximum atomic E-state index is 11.7. The number of primary amides is 1. The number of hydrogen-bond donors (Lipinski definition) is 2. The normalized spacial score (nSPS) is 25.1. The topological polar surface area (TPSA) is 72.2 Å². The Morgan fingerprint density at radius 3 is 2.25 bits per heavy atom. The van der Waals surface area contributed by atoms with Gasteiger partial charge in [0, 0.05) is 24.3 Å². The molecule has 0 unspecified atom stereocenters. The van der Waals surface area contributed by atoms with Crippen LogP contribution >= 0.6 is 11.6 Å². The highest BCUT2D eigenvalue weighted by molar-refractivity contribution is 6.17. The molecule has 0 spiro atoms. The van der Waals surface area contributed by atoms with Crippen molar-refractivity contribution in [1.82, 2.24) is 5.32 Å². The van der Waals surface area contributed by atoms with Gasteiger partial charge in [0.25, 0.3) is 0 Å². The number of carbonyl (C=O) groups excluding carboxylic acids is 2. The van der Waals surface area contributed by atoms with Crippen LogP contribution in [0.25, 0.3) is 0 Å². The van der Waals surface area contributed by atoms with Crippen LogP contribution in [0.5, 0.6) is 0 Å². The third-order valence-electron chi connectivity index (χ3n) is 3.11. The molecule has 92 valence electrons. The zero-order chi connectivity index (χ0) is 12.0. The second kappa shape index (κ2) is 6.74. The molecule has 16 heavy (non-hydrogen) atoms. The first-order valence-corrected chi connectivity index (χ1v) is 6.31. The summed E-state index contributed by atoms with van der Waals surface area (Å²) in [7, 11) is 0. The SMILES string of the molecule is NC(=O)C1CCC(C(=O)NCCCCl)CC1. The van der Waals surface area contributed by atoms with Crippen molar-refractivity contribution < 1.29 is 9.59 Å². The monoisotopic (exact) mass is 246 g/mol. The van der Waals surface area contributed by atoms with E-state index in [1.54, 1.807) is 0 Å². The van der Waals surface area contributed by atoms with Gasteiger partial charge in [0.2, 0.25) is 11.8 Å². The molecule has 4 nitrogen and oxygen atoms in total. The number of alkyl halides is 1. The predicted molar refractivity (Wildman–Crippen MR) is 63.0 cm³/mol. The van der Waals surface area contributed by atoms with E-state index >= 15 is 0 Å². The Kier molecular flexibility index (Phi) is 5.60. The van der Waals surface area contributed by atoms with E-state index in [4.69, 9.17) is 17.3 Å². The van der Waals surface area contributed by atoms with Gasteiger partial charge in [-0.25, -0.2) is 0 Å². The van der Waals surface area contributed by atoms with Crippen LogP contribution in [-0.4, -0.2) is 24.2 Å². The number of amides is 2. The van der Waals surface area contributed by atoms with E-state index in [2.05, 4.69) is 5.32 Å². The third-order valence-corrected chi connectivity index (χ3v) is 3.38. The zero-order valence-electron chi connectivity index (χ0n) is 9.38. The molecule has 1 aliphatic carbocycles. The van der Waals surface area contributed by atoms with Gasteiger partial charge in [0.15, 0.2) is 0 Å². The maximum Gasteiger partial charge on any atom is 0.223 e. The number of nitrogens with two attached hydrogens (primary N) is 1. The van der Waals surface area contributed by atoms with E-state index in [1.807, 2.05) is 0 Å². The van der Waals surface area contributed by atoms with E-state index in [-0.39, 0.29) is 23.7 Å². The van der Waals surface area contributed by atoms with Crippen molar-refractivity contribution in [2.45, 2.75) is 32.1 Å². The summed E-state index contributed by atoms with van der Waals surface area (Å²) in [5.41, 5.74) is 5.23. The van der Waals surface area contributed by atoms with E-state index in [0.717, 1.165) is 32.1 Å². The Balaban J connectivity index is 2.25. The lowest BCUT2D eigenvalue weighted by Gasteiger charge is -2.25. The van der Waals surface area contributed by atoms with Gasteiger partial charge in [0.05, 0.1) is 0 Å². The Labute approximate surface area is 101 Å². The van der Waals surface area contributed by atoms with Crippen LogP contribution in [0.4, 0.5) is 0 Å². The molecule has 2 amide bonds. The van der Waals surface area contributed by atoms with Crippen LogP contribution in [-0.2, 0) is 9.59 Å². The van der Waals surface area contributed by atoms with Crippen molar-refractivity contribution in [2.24, 2.45) is 17.6 Å². The Morgan fingerprint density at radius 2 is 1.75 bits per heavy atom. The second-order valence-corrected chi connectivity index (χ2v) is 4.66. The summed E-state index contributed by atoms with van der Waals surface area (Å²) in [6, 6.07) is 0. The number of hydrogen-bond acceptors (Lipinski definition) is 2. The molecule has 1 rings (SSSR count). The van der Waals surface area contributed by atoms with Crippen molar-refractivity contribution in [2.75, 3.05) is 12.4 Å². The van der Waals surface area contributed by atoms with Crippen molar-refractivity contribution in [3.63, 3.8) is 0 Å². The summed E-state index contributed by atoms with van der Waals surface area (Å²) in [6.45, 7) is 0.637.